The highest BCUT2D eigenvalue weighted by Gasteiger charge is 2.20. The Morgan fingerprint density at radius 2 is 1.88 bits per heavy atom. The van der Waals surface area contributed by atoms with E-state index >= 15 is 0 Å². The molecule has 7 heteroatoms. The summed E-state index contributed by atoms with van der Waals surface area (Å²) in [5.41, 5.74) is 2.83. The molecule has 1 heterocycles. The van der Waals surface area contributed by atoms with Crippen LogP contribution in [0.25, 0.3) is 11.0 Å². The molecule has 7 nitrogen and oxygen atoms in total. The third kappa shape index (κ3) is 1.94. The van der Waals surface area contributed by atoms with Gasteiger partial charge in [-0.25, -0.2) is 0 Å². The van der Waals surface area contributed by atoms with Crippen LogP contribution in [0.15, 0.2) is 24.3 Å². The van der Waals surface area contributed by atoms with Crippen LogP contribution in [0.3, 0.4) is 0 Å². The van der Waals surface area contributed by atoms with Crippen LogP contribution >= 0.6 is 0 Å². The van der Waals surface area contributed by atoms with Gasteiger partial charge in [0.2, 0.25) is 10.1 Å². The minimum Gasteiger partial charge on any atom is -0.370 e. The molecule has 86 valence electrons. The van der Waals surface area contributed by atoms with E-state index in [4.69, 9.17) is 5.84 Å². The molecule has 1 aromatic carbocycles. The molecule has 2 rings (SSSR count). The SMILES string of the molecule is CC.NNc1[nH][n+](=O)c2ccccc2[n+]1O. The van der Waals surface area contributed by atoms with E-state index in [1.165, 1.54) is 0 Å². The topological polar surface area (TPSA) is 101 Å². The van der Waals surface area contributed by atoms with Crippen molar-refractivity contribution < 1.29 is 14.5 Å². The maximum absolute atomic E-state index is 11.4. The molecule has 0 unspecified atom stereocenters. The minimum atomic E-state index is -0.00120. The van der Waals surface area contributed by atoms with Crippen molar-refractivity contribution in [2.75, 3.05) is 5.43 Å². The largest absolute Gasteiger partial charge is 0.466 e. The smallest absolute Gasteiger partial charge is 0.370 e. The average molecular weight is 225 g/mol. The summed E-state index contributed by atoms with van der Waals surface area (Å²) < 4.78 is 1.28. The number of benzene rings is 1. The van der Waals surface area contributed by atoms with E-state index in [-0.39, 0.29) is 5.95 Å². The number of nitrogens with one attached hydrogen (secondary N) is 2. The van der Waals surface area contributed by atoms with Crippen LogP contribution in [0, 0.1) is 4.91 Å². The van der Waals surface area contributed by atoms with Crippen LogP contribution in [0.5, 0.6) is 0 Å². The Morgan fingerprint density at radius 1 is 1.31 bits per heavy atom. The average Bonchev–Trinajstić information content (AvgIpc) is 2.36. The van der Waals surface area contributed by atoms with E-state index in [9.17, 15) is 10.1 Å². The predicted octanol–water partition coefficient (Wildman–Crippen LogP) is -0.0810. The number of hydrazine groups is 1. The second-order valence-electron chi connectivity index (χ2n) is 2.70. The van der Waals surface area contributed by atoms with Crippen molar-refractivity contribution in [1.82, 2.24) is 5.10 Å². The Hall–Kier alpha value is -2.15. The molecule has 5 N–H and O–H groups in total. The summed E-state index contributed by atoms with van der Waals surface area (Å²) in [5.74, 6) is 5.10. The molecule has 0 atom stereocenters. The molecule has 0 saturated carbocycles. The first-order valence-corrected chi connectivity index (χ1v) is 4.89. The van der Waals surface area contributed by atoms with E-state index in [0.717, 1.165) is 4.73 Å². The Kier molecular flexibility index (Phi) is 3.78. The van der Waals surface area contributed by atoms with Crippen LogP contribution in [0.2, 0.25) is 0 Å². The highest BCUT2D eigenvalue weighted by molar-refractivity contribution is 5.66. The number of aromatic nitrogens is 3. The number of hydrogen-bond donors (Lipinski definition) is 4. The molecule has 0 aliphatic carbocycles. The third-order valence-corrected chi connectivity index (χ3v) is 1.88. The molecule has 16 heavy (non-hydrogen) atoms. The third-order valence-electron chi connectivity index (χ3n) is 1.88. The first-order chi connectivity index (χ1) is 7.74. The Balaban J connectivity index is 0.000000606. The maximum atomic E-state index is 11.4. The quantitative estimate of drug-likeness (QED) is 0.236. The van der Waals surface area contributed by atoms with Crippen LogP contribution in [0.4, 0.5) is 5.95 Å². The van der Waals surface area contributed by atoms with Crippen LogP contribution in [0.1, 0.15) is 13.8 Å². The summed E-state index contributed by atoms with van der Waals surface area (Å²) in [6, 6.07) is 6.57. The summed E-state index contributed by atoms with van der Waals surface area (Å²) >= 11 is 0. The molecule has 0 aliphatic heterocycles. The van der Waals surface area contributed by atoms with Crippen molar-refractivity contribution >= 4 is 17.0 Å². The number of aromatic amines is 1. The number of fused-ring (bicyclic) bond motifs is 1. The highest BCUT2D eigenvalue weighted by Crippen LogP contribution is 2.02. The van der Waals surface area contributed by atoms with Gasteiger partial charge >= 0.3 is 11.5 Å². The molecule has 0 radical (unpaired) electrons. The molecular formula is C9H15N5O2+2. The zero-order valence-electron chi connectivity index (χ0n) is 9.14. The Labute approximate surface area is 91.6 Å². The van der Waals surface area contributed by atoms with Crippen molar-refractivity contribution in [1.29, 1.82) is 0 Å². The molecule has 0 fully saturated rings. The Morgan fingerprint density at radius 3 is 2.44 bits per heavy atom. The number of hydrogen-bond acceptors (Lipinski definition) is 4. The molecular weight excluding hydrogens is 210 g/mol. The van der Waals surface area contributed by atoms with Crippen molar-refractivity contribution in [2.45, 2.75) is 13.8 Å². The van der Waals surface area contributed by atoms with Gasteiger partial charge in [0.1, 0.15) is 0 Å². The van der Waals surface area contributed by atoms with Gasteiger partial charge in [0.05, 0.1) is 4.91 Å². The van der Waals surface area contributed by atoms with Gasteiger partial charge < -0.3 is 5.21 Å². The zero-order valence-corrected chi connectivity index (χ0v) is 9.14. The fourth-order valence-corrected chi connectivity index (χ4v) is 1.23. The molecule has 0 spiro atoms. The number of H-pyrrole nitrogens is 1. The monoisotopic (exact) mass is 225 g/mol. The summed E-state index contributed by atoms with van der Waals surface area (Å²) in [7, 11) is 0. The van der Waals surface area contributed by atoms with Gasteiger partial charge in [0, 0.05) is 11.2 Å². The second-order valence-corrected chi connectivity index (χ2v) is 2.70. The predicted molar refractivity (Wildman–Crippen MR) is 58.2 cm³/mol. The molecule has 0 amide bonds. The number of anilines is 1. The molecule has 0 bridgehead atoms. The first kappa shape index (κ1) is 11.9. The lowest BCUT2D eigenvalue weighted by Gasteiger charge is -1.95. The van der Waals surface area contributed by atoms with Gasteiger partial charge in [0.25, 0.3) is 0 Å². The number of nitrogens with zero attached hydrogens (tertiary/aromatic N) is 2. The van der Waals surface area contributed by atoms with Crippen LogP contribution in [-0.4, -0.2) is 10.3 Å². The fourth-order valence-electron chi connectivity index (χ4n) is 1.23. The summed E-state index contributed by atoms with van der Waals surface area (Å²) in [6.45, 7) is 4.00. The van der Waals surface area contributed by atoms with Gasteiger partial charge in [-0.05, 0) is 10.8 Å². The van der Waals surface area contributed by atoms with Gasteiger partial charge in [-0.3, -0.25) is 0 Å². The lowest BCUT2D eigenvalue weighted by Crippen LogP contribution is -2.43. The minimum absolute atomic E-state index is 0.00120. The second kappa shape index (κ2) is 5.08. The van der Waals surface area contributed by atoms with Gasteiger partial charge in [-0.15, -0.1) is 0 Å². The summed E-state index contributed by atoms with van der Waals surface area (Å²) in [6.07, 6.45) is 0. The Bertz CT molecular complexity index is 537. The van der Waals surface area contributed by atoms with Crippen LogP contribution in [-0.2, 0) is 0 Å². The van der Waals surface area contributed by atoms with E-state index in [1.54, 1.807) is 24.3 Å². The van der Waals surface area contributed by atoms with E-state index in [1.807, 2.05) is 13.8 Å². The van der Waals surface area contributed by atoms with Crippen molar-refractivity contribution in [3.63, 3.8) is 0 Å². The molecule has 2 aromatic rings. The van der Waals surface area contributed by atoms with Crippen LogP contribution < -0.4 is 20.5 Å². The fraction of sp³-hybridized carbons (Fsp3) is 0.222. The van der Waals surface area contributed by atoms with E-state index in [0.29, 0.717) is 15.6 Å². The van der Waals surface area contributed by atoms with Crippen molar-refractivity contribution in [3.8, 4) is 0 Å². The highest BCUT2D eigenvalue weighted by atomic mass is 16.5. The first-order valence-electron chi connectivity index (χ1n) is 4.89. The van der Waals surface area contributed by atoms with E-state index < -0.39 is 0 Å². The number of para-hydroxylation sites is 2. The maximum Gasteiger partial charge on any atom is 0.466 e. The van der Waals surface area contributed by atoms with Crippen molar-refractivity contribution in [2.24, 2.45) is 5.84 Å². The standard InChI is InChI=1S/C7H8N5O2.C2H6/c8-9-7-10-12(14)6-4-2-1-3-5(6)11(7)13;1-2/h1-4,13H,8H2,(H,9,10,14);1-2H3/q+1;/p+1. The molecule has 1 aromatic heterocycles. The zero-order chi connectivity index (χ0) is 12.1. The number of nitrogen functional groups attached to an aromatic ring is 1. The van der Waals surface area contributed by atoms with Gasteiger partial charge in [0.15, 0.2) is 0 Å². The number of rotatable bonds is 1. The normalized spacial score (nSPS) is 9.44. The summed E-state index contributed by atoms with van der Waals surface area (Å²) in [4.78, 5) is 11.4. The lowest BCUT2D eigenvalue weighted by molar-refractivity contribution is -0.881. The number of nitrogens with two attached hydrogens (primary N) is 1. The van der Waals surface area contributed by atoms with Crippen molar-refractivity contribution in [3.05, 3.63) is 29.2 Å². The van der Waals surface area contributed by atoms with Gasteiger partial charge in [-0.1, -0.05) is 26.0 Å². The summed E-state index contributed by atoms with van der Waals surface area (Å²) in [5, 5.41) is 11.9. The molecule has 0 saturated heterocycles. The molecule has 0 aliphatic rings. The van der Waals surface area contributed by atoms with E-state index in [2.05, 4.69) is 10.5 Å². The van der Waals surface area contributed by atoms with Gasteiger partial charge in [-0.2, -0.15) is 11.3 Å². The lowest BCUT2D eigenvalue weighted by atomic mass is 10.3.